The molecule has 4 heteroatoms. The Morgan fingerprint density at radius 3 is 1.21 bits per heavy atom. The second-order valence-corrected chi connectivity index (χ2v) is 10.8. The van der Waals surface area contributed by atoms with Crippen molar-refractivity contribution in [3.8, 4) is 45.1 Å². The summed E-state index contributed by atoms with van der Waals surface area (Å²) >= 11 is 0. The fourth-order valence-corrected chi connectivity index (χ4v) is 3.88. The highest BCUT2D eigenvalue weighted by molar-refractivity contribution is 5.74. The Labute approximate surface area is 202 Å². The summed E-state index contributed by atoms with van der Waals surface area (Å²) in [6.45, 7) is 12.9. The standard InChI is InChI=1S/C30H32N2O2/c1-29(2,3)21-9-13-27(33)23(15-21)19-7-11-25(31-17-19)26-12-8-20(18-32-26)24-16-22(30(4,5)6)10-14-28(24)34/h7-18,33-34H,1-6H3. The first-order valence-electron chi connectivity index (χ1n) is 11.5. The molecule has 4 aromatic rings. The van der Waals surface area contributed by atoms with Gasteiger partial charge < -0.3 is 10.2 Å². The van der Waals surface area contributed by atoms with Crippen LogP contribution in [0.15, 0.2) is 73.1 Å². The fourth-order valence-electron chi connectivity index (χ4n) is 3.88. The predicted molar refractivity (Wildman–Crippen MR) is 139 cm³/mol. The molecule has 0 bridgehead atoms. The molecule has 2 N–H and O–H groups in total. The zero-order valence-corrected chi connectivity index (χ0v) is 20.7. The van der Waals surface area contributed by atoms with Crippen LogP contribution < -0.4 is 0 Å². The molecule has 4 nitrogen and oxygen atoms in total. The average molecular weight is 453 g/mol. The van der Waals surface area contributed by atoms with Crippen molar-refractivity contribution in [2.45, 2.75) is 52.4 Å². The lowest BCUT2D eigenvalue weighted by Gasteiger charge is -2.20. The largest absolute Gasteiger partial charge is 0.507 e. The molecule has 0 aliphatic carbocycles. The van der Waals surface area contributed by atoms with Crippen molar-refractivity contribution < 1.29 is 10.2 Å². The van der Waals surface area contributed by atoms with Crippen LogP contribution in [0.25, 0.3) is 33.6 Å². The number of hydrogen-bond acceptors (Lipinski definition) is 4. The molecule has 0 atom stereocenters. The van der Waals surface area contributed by atoms with Crippen molar-refractivity contribution in [1.82, 2.24) is 9.97 Å². The molecule has 0 aliphatic rings. The van der Waals surface area contributed by atoms with Gasteiger partial charge in [-0.15, -0.1) is 0 Å². The number of benzene rings is 2. The lowest BCUT2D eigenvalue weighted by Crippen LogP contribution is -2.10. The third kappa shape index (κ3) is 4.81. The van der Waals surface area contributed by atoms with E-state index < -0.39 is 0 Å². The van der Waals surface area contributed by atoms with Gasteiger partial charge in [0.25, 0.3) is 0 Å². The Balaban J connectivity index is 1.62. The second-order valence-electron chi connectivity index (χ2n) is 10.8. The Kier molecular flexibility index (Phi) is 5.94. The van der Waals surface area contributed by atoms with E-state index in [1.807, 2.05) is 48.5 Å². The number of hydrogen-bond donors (Lipinski definition) is 2. The van der Waals surface area contributed by atoms with Crippen LogP contribution in [0.2, 0.25) is 0 Å². The Morgan fingerprint density at radius 1 is 0.529 bits per heavy atom. The fraction of sp³-hybridized carbons (Fsp3) is 0.267. The number of aromatic hydroxyl groups is 2. The molecule has 0 radical (unpaired) electrons. The van der Waals surface area contributed by atoms with Crippen molar-refractivity contribution >= 4 is 0 Å². The van der Waals surface area contributed by atoms with Gasteiger partial charge in [-0.05, 0) is 58.4 Å². The lowest BCUT2D eigenvalue weighted by molar-refractivity contribution is 0.475. The highest BCUT2D eigenvalue weighted by Gasteiger charge is 2.18. The summed E-state index contributed by atoms with van der Waals surface area (Å²) in [5.74, 6) is 0.477. The van der Waals surface area contributed by atoms with E-state index >= 15 is 0 Å². The highest BCUT2D eigenvalue weighted by Crippen LogP contribution is 2.36. The molecule has 0 aliphatic heterocycles. The maximum absolute atomic E-state index is 10.4. The Morgan fingerprint density at radius 2 is 0.912 bits per heavy atom. The Hall–Kier alpha value is -3.66. The van der Waals surface area contributed by atoms with Crippen molar-refractivity contribution in [2.24, 2.45) is 0 Å². The van der Waals surface area contributed by atoms with Crippen molar-refractivity contribution in [1.29, 1.82) is 0 Å². The molecule has 0 unspecified atom stereocenters. The molecule has 0 spiro atoms. The van der Waals surface area contributed by atoms with Crippen LogP contribution in [0, 0.1) is 0 Å². The van der Waals surface area contributed by atoms with Gasteiger partial charge in [-0.25, -0.2) is 0 Å². The van der Waals surface area contributed by atoms with Crippen molar-refractivity contribution in [3.05, 3.63) is 84.2 Å². The number of aromatic nitrogens is 2. The van der Waals surface area contributed by atoms with Crippen LogP contribution in [0.5, 0.6) is 11.5 Å². The van der Waals surface area contributed by atoms with Gasteiger partial charge >= 0.3 is 0 Å². The van der Waals surface area contributed by atoms with Gasteiger partial charge in [-0.3, -0.25) is 9.97 Å². The van der Waals surface area contributed by atoms with E-state index in [1.54, 1.807) is 24.5 Å². The van der Waals surface area contributed by atoms with Gasteiger partial charge in [0.15, 0.2) is 0 Å². The molecule has 0 saturated carbocycles. The smallest absolute Gasteiger partial charge is 0.123 e. The first kappa shape index (κ1) is 23.5. The minimum absolute atomic E-state index is 0.0116. The van der Waals surface area contributed by atoms with E-state index in [4.69, 9.17) is 0 Å². The molecule has 2 aromatic heterocycles. The van der Waals surface area contributed by atoms with Gasteiger partial charge in [0.1, 0.15) is 11.5 Å². The third-order valence-corrected chi connectivity index (χ3v) is 6.14. The zero-order valence-electron chi connectivity index (χ0n) is 20.7. The van der Waals surface area contributed by atoms with E-state index in [2.05, 4.69) is 51.5 Å². The summed E-state index contributed by atoms with van der Waals surface area (Å²) in [6, 6.07) is 19.2. The molecule has 34 heavy (non-hydrogen) atoms. The molecule has 0 fully saturated rings. The summed E-state index contributed by atoms with van der Waals surface area (Å²) in [5.41, 5.74) is 7.02. The van der Waals surface area contributed by atoms with Crippen LogP contribution in [-0.4, -0.2) is 20.2 Å². The van der Waals surface area contributed by atoms with Crippen LogP contribution in [-0.2, 0) is 10.8 Å². The van der Waals surface area contributed by atoms with Gasteiger partial charge in [0, 0.05) is 34.6 Å². The maximum atomic E-state index is 10.4. The summed E-state index contributed by atoms with van der Waals surface area (Å²) in [6.07, 6.45) is 3.54. The van der Waals surface area contributed by atoms with Crippen molar-refractivity contribution in [2.75, 3.05) is 0 Å². The van der Waals surface area contributed by atoms with Crippen LogP contribution in [0.3, 0.4) is 0 Å². The molecule has 4 rings (SSSR count). The van der Waals surface area contributed by atoms with E-state index in [1.165, 1.54) is 0 Å². The van der Waals surface area contributed by atoms with Crippen LogP contribution in [0.4, 0.5) is 0 Å². The normalized spacial score (nSPS) is 12.1. The Bertz CT molecular complexity index is 1210. The second kappa shape index (κ2) is 8.60. The first-order valence-corrected chi connectivity index (χ1v) is 11.5. The maximum Gasteiger partial charge on any atom is 0.123 e. The molecule has 0 amide bonds. The highest BCUT2D eigenvalue weighted by atomic mass is 16.3. The SMILES string of the molecule is CC(C)(C)c1ccc(O)c(-c2ccc(-c3ccc(-c4cc(C(C)(C)C)ccc4O)cn3)nc2)c1. The van der Waals surface area contributed by atoms with Gasteiger partial charge in [0.05, 0.1) is 11.4 Å². The van der Waals surface area contributed by atoms with Gasteiger partial charge in [-0.2, -0.15) is 0 Å². The quantitative estimate of drug-likeness (QED) is 0.338. The number of phenolic OH excluding ortho intramolecular Hbond substituents is 2. The first-order chi connectivity index (χ1) is 15.9. The number of pyridine rings is 2. The van der Waals surface area contributed by atoms with Gasteiger partial charge in [0.2, 0.25) is 0 Å². The van der Waals surface area contributed by atoms with Gasteiger partial charge in [-0.1, -0.05) is 65.8 Å². The lowest BCUT2D eigenvalue weighted by atomic mass is 9.85. The number of rotatable bonds is 3. The number of phenols is 2. The monoisotopic (exact) mass is 452 g/mol. The van der Waals surface area contributed by atoms with Crippen LogP contribution in [0.1, 0.15) is 52.7 Å². The minimum atomic E-state index is -0.0116. The van der Waals surface area contributed by atoms with E-state index in [0.29, 0.717) is 0 Å². The zero-order chi connectivity index (χ0) is 24.7. The topological polar surface area (TPSA) is 66.2 Å². The summed E-state index contributed by atoms with van der Waals surface area (Å²) in [7, 11) is 0. The van der Waals surface area contributed by atoms with E-state index in [9.17, 15) is 10.2 Å². The molecule has 2 aromatic carbocycles. The van der Waals surface area contributed by atoms with Crippen molar-refractivity contribution in [3.63, 3.8) is 0 Å². The molecule has 2 heterocycles. The third-order valence-electron chi connectivity index (χ3n) is 6.14. The minimum Gasteiger partial charge on any atom is -0.507 e. The average Bonchev–Trinajstić information content (AvgIpc) is 2.78. The molecular weight excluding hydrogens is 420 g/mol. The molecule has 174 valence electrons. The molecule has 0 saturated heterocycles. The molecular formula is C30H32N2O2. The van der Waals surface area contributed by atoms with E-state index in [-0.39, 0.29) is 22.3 Å². The number of nitrogens with zero attached hydrogens (tertiary/aromatic N) is 2. The van der Waals surface area contributed by atoms with E-state index in [0.717, 1.165) is 44.8 Å². The summed E-state index contributed by atoms with van der Waals surface area (Å²) in [4.78, 5) is 9.20. The predicted octanol–water partition coefficient (Wildman–Crippen LogP) is 7.48. The summed E-state index contributed by atoms with van der Waals surface area (Å²) in [5, 5.41) is 20.8. The van der Waals surface area contributed by atoms with Crippen LogP contribution >= 0.6 is 0 Å². The summed E-state index contributed by atoms with van der Waals surface area (Å²) < 4.78 is 0.